The summed E-state index contributed by atoms with van der Waals surface area (Å²) >= 11 is 0. The van der Waals surface area contributed by atoms with Crippen molar-refractivity contribution in [1.29, 1.82) is 0 Å². The minimum atomic E-state index is -2.27. The number of hydrogen-bond acceptors (Lipinski definition) is 10. The van der Waals surface area contributed by atoms with Crippen LogP contribution in [0.1, 0.15) is 36.9 Å². The van der Waals surface area contributed by atoms with Crippen LogP contribution in [0.15, 0.2) is 97.3 Å². The van der Waals surface area contributed by atoms with Gasteiger partial charge in [0.15, 0.2) is 17.2 Å². The highest BCUT2D eigenvalue weighted by Crippen LogP contribution is 2.46. The molecule has 0 radical (unpaired) electrons. The van der Waals surface area contributed by atoms with Crippen molar-refractivity contribution in [3.63, 3.8) is 0 Å². The average molecular weight is 564 g/mol. The third kappa shape index (κ3) is 4.27. The van der Waals surface area contributed by atoms with E-state index in [1.165, 1.54) is 10.9 Å². The van der Waals surface area contributed by atoms with Crippen LogP contribution < -0.4 is 5.73 Å². The topological polar surface area (TPSA) is 171 Å². The van der Waals surface area contributed by atoms with Gasteiger partial charge in [-0.3, -0.25) is 19.0 Å². The maximum Gasteiger partial charge on any atom is 0.230 e. The molecule has 1 unspecified atom stereocenters. The van der Waals surface area contributed by atoms with E-state index < -0.39 is 47.8 Å². The van der Waals surface area contributed by atoms with Gasteiger partial charge in [-0.2, -0.15) is 0 Å². The van der Waals surface area contributed by atoms with Crippen LogP contribution in [0.4, 0.5) is 5.82 Å². The van der Waals surface area contributed by atoms with E-state index in [-0.39, 0.29) is 33.9 Å². The van der Waals surface area contributed by atoms with Crippen molar-refractivity contribution in [3.05, 3.63) is 120 Å². The van der Waals surface area contributed by atoms with Gasteiger partial charge in [0.05, 0.1) is 19.0 Å². The molecule has 1 saturated heterocycles. The van der Waals surface area contributed by atoms with Crippen molar-refractivity contribution < 1.29 is 29.3 Å². The first-order valence-electron chi connectivity index (χ1n) is 13.1. The second-order valence-corrected chi connectivity index (χ2v) is 9.84. The maximum absolute atomic E-state index is 14.5. The van der Waals surface area contributed by atoms with Crippen LogP contribution in [-0.4, -0.2) is 65.9 Å². The minimum Gasteiger partial charge on any atom is -0.394 e. The molecule has 5 aromatic rings. The van der Waals surface area contributed by atoms with Crippen molar-refractivity contribution in [2.75, 3.05) is 12.3 Å². The first-order chi connectivity index (χ1) is 20.4. The number of nitrogen functional groups attached to an aromatic ring is 1. The number of ether oxygens (including phenoxy) is 1. The number of carbonyl (C=O) groups excluding carboxylic acids is 3. The Balaban J connectivity index is 1.62. The van der Waals surface area contributed by atoms with Gasteiger partial charge < -0.3 is 20.7 Å². The van der Waals surface area contributed by atoms with Crippen LogP contribution in [0.2, 0.25) is 0 Å². The Morgan fingerprint density at radius 1 is 0.857 bits per heavy atom. The summed E-state index contributed by atoms with van der Waals surface area (Å²) in [5, 5.41) is 21.6. The van der Waals surface area contributed by atoms with Gasteiger partial charge >= 0.3 is 0 Å². The largest absolute Gasteiger partial charge is 0.394 e. The van der Waals surface area contributed by atoms with Crippen LogP contribution in [0, 0.1) is 5.92 Å². The van der Waals surface area contributed by atoms with E-state index in [9.17, 15) is 24.6 Å². The molecule has 0 saturated carbocycles. The highest BCUT2D eigenvalue weighted by Gasteiger charge is 2.63. The monoisotopic (exact) mass is 563 g/mol. The molecule has 4 N–H and O–H groups in total. The number of Topliss-reactive ketones (excluding diaryl/α,β-unsaturated/α-hetero) is 2. The lowest BCUT2D eigenvalue weighted by Crippen LogP contribution is -2.51. The molecular weight excluding hydrogens is 538 g/mol. The highest BCUT2D eigenvalue weighted by molar-refractivity contribution is 6.10. The van der Waals surface area contributed by atoms with Crippen molar-refractivity contribution in [3.8, 4) is 0 Å². The average Bonchev–Trinajstić information content (AvgIpc) is 3.60. The number of anilines is 1. The molecule has 1 aliphatic heterocycles. The SMILES string of the molecule is Nc1nc(C(=O)c2ccccc2)nc2c1ncn2[C@]1(C(=O)c2ccccc2)O[C@H](CO)[C@@H](O)C1C(=O)c1ccccc1. The number of aromatic nitrogens is 4. The molecule has 11 nitrogen and oxygen atoms in total. The van der Waals surface area contributed by atoms with E-state index in [4.69, 9.17) is 10.5 Å². The quantitative estimate of drug-likeness (QED) is 0.238. The predicted molar refractivity (Wildman–Crippen MR) is 151 cm³/mol. The second-order valence-electron chi connectivity index (χ2n) is 9.84. The first kappa shape index (κ1) is 27.1. The fourth-order valence-corrected chi connectivity index (χ4v) is 5.37. The zero-order valence-corrected chi connectivity index (χ0v) is 22.1. The Hall–Kier alpha value is -5.10. The summed E-state index contributed by atoms with van der Waals surface area (Å²) in [6.07, 6.45) is -1.71. The standard InChI is InChI=1S/C31H25N5O6/c32-28-23-30(35-29(34-28)25(39)19-12-6-2-7-13-19)36(17-33-23)31(27(41)20-14-8-3-9-15-20)22(26(40)21(16-37)42-31)24(38)18-10-4-1-5-11-18/h1-15,17,21-22,26,37,40H,16H2,(H2,32,34,35)/t21-,22?,26-,31+/m1/s1. The van der Waals surface area contributed by atoms with Gasteiger partial charge in [0, 0.05) is 16.7 Å². The fourth-order valence-electron chi connectivity index (χ4n) is 5.37. The van der Waals surface area contributed by atoms with E-state index in [1.807, 2.05) is 0 Å². The third-order valence-corrected chi connectivity index (χ3v) is 7.38. The summed E-state index contributed by atoms with van der Waals surface area (Å²) in [6, 6.07) is 24.6. The van der Waals surface area contributed by atoms with E-state index in [0.29, 0.717) is 5.56 Å². The summed E-state index contributed by atoms with van der Waals surface area (Å²) in [6.45, 7) is -0.689. The number of carbonyl (C=O) groups is 3. The van der Waals surface area contributed by atoms with E-state index in [0.717, 1.165) is 0 Å². The molecule has 2 aromatic heterocycles. The van der Waals surface area contributed by atoms with Gasteiger partial charge in [-0.25, -0.2) is 15.0 Å². The molecule has 3 heterocycles. The molecule has 11 heteroatoms. The van der Waals surface area contributed by atoms with Crippen LogP contribution >= 0.6 is 0 Å². The van der Waals surface area contributed by atoms with Gasteiger partial charge in [-0.15, -0.1) is 0 Å². The van der Waals surface area contributed by atoms with Crippen molar-refractivity contribution in [1.82, 2.24) is 19.5 Å². The lowest BCUT2D eigenvalue weighted by Gasteiger charge is -2.34. The minimum absolute atomic E-state index is 0.0521. The predicted octanol–water partition coefficient (Wildman–Crippen LogP) is 2.43. The number of nitrogens with zero attached hydrogens (tertiary/aromatic N) is 4. The lowest BCUT2D eigenvalue weighted by molar-refractivity contribution is -0.0956. The number of benzene rings is 3. The van der Waals surface area contributed by atoms with E-state index >= 15 is 0 Å². The molecule has 3 aromatic carbocycles. The number of nitrogens with two attached hydrogens (primary N) is 1. The van der Waals surface area contributed by atoms with Gasteiger partial charge in [0.2, 0.25) is 23.1 Å². The highest BCUT2D eigenvalue weighted by atomic mass is 16.6. The van der Waals surface area contributed by atoms with Crippen LogP contribution in [-0.2, 0) is 10.5 Å². The number of aliphatic hydroxyl groups excluding tert-OH is 2. The molecule has 0 aliphatic carbocycles. The Morgan fingerprint density at radius 2 is 1.43 bits per heavy atom. The number of fused-ring (bicyclic) bond motifs is 1. The number of imidazole rings is 1. The molecule has 0 bridgehead atoms. The first-order valence-corrected chi connectivity index (χ1v) is 13.1. The summed E-state index contributed by atoms with van der Waals surface area (Å²) in [7, 11) is 0. The van der Waals surface area contributed by atoms with Crippen molar-refractivity contribution in [2.24, 2.45) is 5.92 Å². The molecule has 42 heavy (non-hydrogen) atoms. The van der Waals surface area contributed by atoms with Gasteiger partial charge in [0.1, 0.15) is 17.5 Å². The molecule has 0 amide bonds. The van der Waals surface area contributed by atoms with Crippen molar-refractivity contribution >= 4 is 34.3 Å². The van der Waals surface area contributed by atoms with Crippen LogP contribution in [0.3, 0.4) is 0 Å². The normalized spacial score (nSPS) is 21.8. The van der Waals surface area contributed by atoms with Crippen LogP contribution in [0.5, 0.6) is 0 Å². The van der Waals surface area contributed by atoms with Gasteiger partial charge in [-0.05, 0) is 0 Å². The van der Waals surface area contributed by atoms with Gasteiger partial charge in [0.25, 0.3) is 0 Å². The molecule has 1 aliphatic rings. The number of aliphatic hydroxyl groups is 2. The maximum atomic E-state index is 14.5. The summed E-state index contributed by atoms with van der Waals surface area (Å²) < 4.78 is 7.44. The zero-order chi connectivity index (χ0) is 29.4. The Kier molecular flexibility index (Phi) is 6.91. The molecule has 1 fully saturated rings. The number of hydrogen-bond donors (Lipinski definition) is 3. The third-order valence-electron chi connectivity index (χ3n) is 7.38. The van der Waals surface area contributed by atoms with Crippen molar-refractivity contribution in [2.45, 2.75) is 17.9 Å². The number of ketones is 3. The smallest absolute Gasteiger partial charge is 0.230 e. The molecule has 6 rings (SSSR count). The van der Waals surface area contributed by atoms with Crippen LogP contribution in [0.25, 0.3) is 11.2 Å². The Labute approximate surface area is 239 Å². The summed E-state index contributed by atoms with van der Waals surface area (Å²) in [5.74, 6) is -3.78. The number of rotatable bonds is 8. The van der Waals surface area contributed by atoms with E-state index in [2.05, 4.69) is 15.0 Å². The molecule has 0 spiro atoms. The Morgan fingerprint density at radius 3 is 2.02 bits per heavy atom. The second kappa shape index (κ2) is 10.7. The molecule has 210 valence electrons. The fraction of sp³-hybridized carbons (Fsp3) is 0.161. The lowest BCUT2D eigenvalue weighted by atomic mass is 9.80. The molecule has 4 atom stereocenters. The van der Waals surface area contributed by atoms with E-state index in [1.54, 1.807) is 91.0 Å². The zero-order valence-electron chi connectivity index (χ0n) is 22.1. The summed E-state index contributed by atoms with van der Waals surface area (Å²) in [4.78, 5) is 54.9. The Bertz CT molecular complexity index is 1790. The molecular formula is C31H25N5O6. The van der Waals surface area contributed by atoms with Gasteiger partial charge in [-0.1, -0.05) is 91.0 Å². The summed E-state index contributed by atoms with van der Waals surface area (Å²) in [5.41, 5.74) is 4.62.